The number of carbonyl (C=O) groups excluding carboxylic acids is 1. The highest BCUT2D eigenvalue weighted by Crippen LogP contribution is 2.31. The van der Waals surface area contributed by atoms with Crippen LogP contribution in [0.2, 0.25) is 0 Å². The van der Waals surface area contributed by atoms with Crippen LogP contribution in [0, 0.1) is 34.6 Å². The van der Waals surface area contributed by atoms with Crippen LogP contribution in [0.4, 0.5) is 5.69 Å². The van der Waals surface area contributed by atoms with Gasteiger partial charge in [-0.15, -0.1) is 0 Å². The number of carbonyl (C=O) groups is 1. The van der Waals surface area contributed by atoms with Gasteiger partial charge in [-0.1, -0.05) is 59.2 Å². The molecule has 4 aromatic rings. The van der Waals surface area contributed by atoms with E-state index in [2.05, 4.69) is 5.32 Å². The molecule has 1 amide bonds. The molecule has 0 bridgehead atoms. The molecule has 0 fully saturated rings. The fourth-order valence-corrected chi connectivity index (χ4v) is 4.01. The molecule has 0 radical (unpaired) electrons. The Balaban J connectivity index is 1.69. The van der Waals surface area contributed by atoms with Crippen LogP contribution in [-0.4, -0.2) is 12.5 Å². The van der Waals surface area contributed by atoms with Gasteiger partial charge in [-0.25, -0.2) is 0 Å². The van der Waals surface area contributed by atoms with E-state index in [1.54, 1.807) is 12.1 Å². The zero-order chi connectivity index (χ0) is 23.7. The van der Waals surface area contributed by atoms with Gasteiger partial charge in [0.25, 0.3) is 5.91 Å². The Morgan fingerprint density at radius 1 is 0.848 bits per heavy atom. The van der Waals surface area contributed by atoms with Crippen molar-refractivity contribution >= 4 is 22.6 Å². The fourth-order valence-electron chi connectivity index (χ4n) is 4.01. The summed E-state index contributed by atoms with van der Waals surface area (Å²) in [4.78, 5) is 26.1. The highest BCUT2D eigenvalue weighted by atomic mass is 16.5. The minimum Gasteiger partial charge on any atom is -0.476 e. The SMILES string of the molecule is Cc1ccc(-c2oc3ccc(C)cc3c(=O)c2OCC(=O)Nc2c(C)cc(C)cc2C)cc1. The van der Waals surface area contributed by atoms with Crippen LogP contribution in [0.1, 0.15) is 27.8 Å². The molecular formula is C28H27NO4. The highest BCUT2D eigenvalue weighted by molar-refractivity contribution is 5.93. The normalized spacial score (nSPS) is 10.9. The standard InChI is InChI=1S/C28H27NO4/c1-16-6-9-21(10-7-16)27-28(26(31)22-14-17(2)8-11-23(22)33-27)32-15-24(30)29-25-19(4)12-18(3)13-20(25)5/h6-14H,15H2,1-5H3,(H,29,30). The van der Waals surface area contributed by atoms with E-state index in [1.807, 2.05) is 77.1 Å². The number of anilines is 1. The molecule has 0 aliphatic rings. The van der Waals surface area contributed by atoms with E-state index >= 15 is 0 Å². The molecule has 1 heterocycles. The first-order valence-corrected chi connectivity index (χ1v) is 10.9. The Morgan fingerprint density at radius 3 is 2.15 bits per heavy atom. The third kappa shape index (κ3) is 4.67. The number of hydrogen-bond donors (Lipinski definition) is 1. The van der Waals surface area contributed by atoms with Gasteiger partial charge in [-0.3, -0.25) is 9.59 Å². The predicted octanol–water partition coefficient (Wildman–Crippen LogP) is 6.02. The van der Waals surface area contributed by atoms with Gasteiger partial charge in [0.1, 0.15) is 5.58 Å². The van der Waals surface area contributed by atoms with Crippen LogP contribution >= 0.6 is 0 Å². The molecule has 0 aliphatic heterocycles. The van der Waals surface area contributed by atoms with Crippen molar-refractivity contribution < 1.29 is 13.9 Å². The molecule has 0 aliphatic carbocycles. The number of rotatable bonds is 5. The van der Waals surface area contributed by atoms with Gasteiger partial charge in [0, 0.05) is 11.3 Å². The maximum atomic E-state index is 13.3. The highest BCUT2D eigenvalue weighted by Gasteiger charge is 2.19. The Morgan fingerprint density at radius 2 is 1.48 bits per heavy atom. The van der Waals surface area contributed by atoms with E-state index in [9.17, 15) is 9.59 Å². The van der Waals surface area contributed by atoms with Crippen LogP contribution in [0.3, 0.4) is 0 Å². The van der Waals surface area contributed by atoms with E-state index in [0.29, 0.717) is 22.3 Å². The maximum absolute atomic E-state index is 13.3. The van der Waals surface area contributed by atoms with Crippen LogP contribution in [0.5, 0.6) is 5.75 Å². The van der Waals surface area contributed by atoms with Gasteiger partial charge >= 0.3 is 0 Å². The minimum atomic E-state index is -0.344. The van der Waals surface area contributed by atoms with Gasteiger partial charge in [0.15, 0.2) is 12.4 Å². The molecule has 3 aromatic carbocycles. The second kappa shape index (κ2) is 8.94. The first-order chi connectivity index (χ1) is 15.7. The third-order valence-electron chi connectivity index (χ3n) is 5.61. The molecule has 5 nitrogen and oxygen atoms in total. The number of hydrogen-bond acceptors (Lipinski definition) is 4. The molecule has 0 saturated heterocycles. The average Bonchev–Trinajstić information content (AvgIpc) is 2.76. The van der Waals surface area contributed by atoms with E-state index in [-0.39, 0.29) is 23.7 Å². The Labute approximate surface area is 193 Å². The molecule has 0 unspecified atom stereocenters. The number of ether oxygens (including phenoxy) is 1. The lowest BCUT2D eigenvalue weighted by Gasteiger charge is -2.14. The molecule has 4 rings (SSSR count). The van der Waals surface area contributed by atoms with Gasteiger partial charge in [-0.05, 0) is 57.9 Å². The quantitative estimate of drug-likeness (QED) is 0.411. The van der Waals surface area contributed by atoms with Crippen molar-refractivity contribution in [3.63, 3.8) is 0 Å². The summed E-state index contributed by atoms with van der Waals surface area (Å²) in [5.74, 6) is -0.0000449. The van der Waals surface area contributed by atoms with Crippen molar-refractivity contribution in [2.45, 2.75) is 34.6 Å². The Hall–Kier alpha value is -3.86. The Bertz CT molecular complexity index is 1390. The van der Waals surface area contributed by atoms with Crippen LogP contribution in [-0.2, 0) is 4.79 Å². The lowest BCUT2D eigenvalue weighted by molar-refractivity contribution is -0.118. The molecule has 0 saturated carbocycles. The summed E-state index contributed by atoms with van der Waals surface area (Å²) in [6.07, 6.45) is 0. The summed E-state index contributed by atoms with van der Waals surface area (Å²) in [7, 11) is 0. The van der Waals surface area contributed by atoms with E-state index in [4.69, 9.17) is 9.15 Å². The first-order valence-electron chi connectivity index (χ1n) is 10.9. The molecular weight excluding hydrogens is 414 g/mol. The Kier molecular flexibility index (Phi) is 6.05. The number of nitrogens with one attached hydrogen (secondary N) is 1. The van der Waals surface area contributed by atoms with Crippen molar-refractivity contribution in [3.05, 3.63) is 92.6 Å². The summed E-state index contributed by atoms with van der Waals surface area (Å²) in [6, 6.07) is 17.1. The summed E-state index contributed by atoms with van der Waals surface area (Å²) in [5, 5.41) is 3.33. The molecule has 0 spiro atoms. The zero-order valence-electron chi connectivity index (χ0n) is 19.5. The second-order valence-corrected chi connectivity index (χ2v) is 8.57. The second-order valence-electron chi connectivity index (χ2n) is 8.57. The summed E-state index contributed by atoms with van der Waals surface area (Å²) >= 11 is 0. The lowest BCUT2D eigenvalue weighted by atomic mass is 10.1. The van der Waals surface area contributed by atoms with Crippen molar-refractivity contribution in [2.75, 3.05) is 11.9 Å². The van der Waals surface area contributed by atoms with Gasteiger partial charge < -0.3 is 14.5 Å². The van der Waals surface area contributed by atoms with Crippen molar-refractivity contribution in [1.29, 1.82) is 0 Å². The molecule has 1 N–H and O–H groups in total. The zero-order valence-corrected chi connectivity index (χ0v) is 19.5. The van der Waals surface area contributed by atoms with Crippen LogP contribution in [0.15, 0.2) is 63.8 Å². The topological polar surface area (TPSA) is 68.5 Å². The smallest absolute Gasteiger partial charge is 0.262 e. The first kappa shape index (κ1) is 22.3. The van der Waals surface area contributed by atoms with Crippen LogP contribution < -0.4 is 15.5 Å². The molecule has 168 valence electrons. The molecule has 1 aromatic heterocycles. The van der Waals surface area contributed by atoms with Gasteiger partial charge in [0.05, 0.1) is 5.39 Å². The van der Waals surface area contributed by atoms with Gasteiger partial charge in [-0.2, -0.15) is 0 Å². The lowest BCUT2D eigenvalue weighted by Crippen LogP contribution is -2.23. The fraction of sp³-hybridized carbons (Fsp3) is 0.214. The maximum Gasteiger partial charge on any atom is 0.262 e. The van der Waals surface area contributed by atoms with E-state index in [0.717, 1.165) is 33.5 Å². The van der Waals surface area contributed by atoms with Crippen molar-refractivity contribution in [1.82, 2.24) is 0 Å². The van der Waals surface area contributed by atoms with E-state index in [1.165, 1.54) is 0 Å². The number of fused-ring (bicyclic) bond motifs is 1. The average molecular weight is 442 g/mol. The summed E-state index contributed by atoms with van der Waals surface area (Å²) < 4.78 is 11.9. The number of amides is 1. The van der Waals surface area contributed by atoms with Crippen molar-refractivity contribution in [3.8, 4) is 17.1 Å². The number of benzene rings is 3. The third-order valence-corrected chi connectivity index (χ3v) is 5.61. The molecule has 5 heteroatoms. The largest absolute Gasteiger partial charge is 0.476 e. The summed E-state index contributed by atoms with van der Waals surface area (Å²) in [5.41, 5.74) is 6.75. The number of aryl methyl sites for hydroxylation is 5. The van der Waals surface area contributed by atoms with E-state index < -0.39 is 0 Å². The monoisotopic (exact) mass is 441 g/mol. The van der Waals surface area contributed by atoms with Crippen molar-refractivity contribution in [2.24, 2.45) is 0 Å². The van der Waals surface area contributed by atoms with Gasteiger partial charge in [0.2, 0.25) is 11.2 Å². The molecule has 33 heavy (non-hydrogen) atoms. The molecule has 0 atom stereocenters. The predicted molar refractivity (Wildman–Crippen MR) is 132 cm³/mol. The minimum absolute atomic E-state index is 0.0319. The van der Waals surface area contributed by atoms with Crippen LogP contribution in [0.25, 0.3) is 22.3 Å². The summed E-state index contributed by atoms with van der Waals surface area (Å²) in [6.45, 7) is 9.50.